The van der Waals surface area contributed by atoms with Crippen LogP contribution < -0.4 is 5.32 Å². The van der Waals surface area contributed by atoms with Gasteiger partial charge in [0.25, 0.3) is 0 Å². The molecule has 0 spiro atoms. The fourth-order valence-corrected chi connectivity index (χ4v) is 2.09. The van der Waals surface area contributed by atoms with Gasteiger partial charge >= 0.3 is 0 Å². The number of rotatable bonds is 5. The summed E-state index contributed by atoms with van der Waals surface area (Å²) in [5.74, 6) is 0.283. The number of nitriles is 1. The number of nitrogens with zero attached hydrogens (tertiary/aromatic N) is 1. The van der Waals surface area contributed by atoms with E-state index in [1.807, 2.05) is 6.07 Å². The summed E-state index contributed by atoms with van der Waals surface area (Å²) < 4.78 is 10.7. The minimum Gasteiger partial charge on any atom is -0.381 e. The van der Waals surface area contributed by atoms with E-state index in [1.165, 1.54) is 0 Å². The van der Waals surface area contributed by atoms with Crippen LogP contribution in [0.15, 0.2) is 24.3 Å². The van der Waals surface area contributed by atoms with Crippen molar-refractivity contribution in [2.45, 2.75) is 12.8 Å². The maximum absolute atomic E-state index is 11.7. The number of amides is 1. The lowest BCUT2D eigenvalue weighted by Crippen LogP contribution is -2.24. The SMILES string of the molecule is N#Cc1cccc(NC(=O)COCC2CCOCC2)c1. The van der Waals surface area contributed by atoms with Crippen molar-refractivity contribution in [1.82, 2.24) is 0 Å². The highest BCUT2D eigenvalue weighted by molar-refractivity contribution is 5.91. The molecule has 1 aromatic rings. The highest BCUT2D eigenvalue weighted by atomic mass is 16.5. The third-order valence-corrected chi connectivity index (χ3v) is 3.20. The Labute approximate surface area is 118 Å². The molecule has 1 fully saturated rings. The van der Waals surface area contributed by atoms with E-state index < -0.39 is 0 Å². The van der Waals surface area contributed by atoms with Crippen LogP contribution in [0.5, 0.6) is 0 Å². The summed E-state index contributed by atoms with van der Waals surface area (Å²) >= 11 is 0. The lowest BCUT2D eigenvalue weighted by molar-refractivity contribution is -0.121. The molecule has 0 saturated carbocycles. The molecule has 0 atom stereocenters. The van der Waals surface area contributed by atoms with E-state index in [4.69, 9.17) is 14.7 Å². The zero-order valence-corrected chi connectivity index (χ0v) is 11.3. The van der Waals surface area contributed by atoms with E-state index in [-0.39, 0.29) is 12.5 Å². The fourth-order valence-electron chi connectivity index (χ4n) is 2.09. The Bertz CT molecular complexity index is 490. The van der Waals surface area contributed by atoms with Gasteiger partial charge in [0.05, 0.1) is 18.2 Å². The first-order chi connectivity index (χ1) is 9.78. The number of ether oxygens (including phenoxy) is 2. The molecule has 1 N–H and O–H groups in total. The predicted molar refractivity (Wildman–Crippen MR) is 74.1 cm³/mol. The van der Waals surface area contributed by atoms with E-state index in [9.17, 15) is 4.79 Å². The van der Waals surface area contributed by atoms with E-state index in [0.717, 1.165) is 26.1 Å². The maximum Gasteiger partial charge on any atom is 0.250 e. The third kappa shape index (κ3) is 4.65. The molecule has 1 amide bonds. The van der Waals surface area contributed by atoms with Crippen LogP contribution in [-0.4, -0.2) is 32.3 Å². The van der Waals surface area contributed by atoms with Crippen molar-refractivity contribution in [3.63, 3.8) is 0 Å². The van der Waals surface area contributed by atoms with Crippen LogP contribution in [0, 0.1) is 17.2 Å². The monoisotopic (exact) mass is 274 g/mol. The van der Waals surface area contributed by atoms with Crippen LogP contribution in [0.1, 0.15) is 18.4 Å². The summed E-state index contributed by atoms with van der Waals surface area (Å²) in [6.45, 7) is 2.19. The number of nitrogens with one attached hydrogen (secondary N) is 1. The smallest absolute Gasteiger partial charge is 0.250 e. The summed E-state index contributed by atoms with van der Waals surface area (Å²) in [4.78, 5) is 11.7. The average molecular weight is 274 g/mol. The van der Waals surface area contributed by atoms with Crippen molar-refractivity contribution in [2.24, 2.45) is 5.92 Å². The highest BCUT2D eigenvalue weighted by Gasteiger charge is 2.14. The van der Waals surface area contributed by atoms with Gasteiger partial charge in [0.15, 0.2) is 0 Å². The molecule has 20 heavy (non-hydrogen) atoms. The molecule has 0 aliphatic carbocycles. The Balaban J connectivity index is 1.70. The molecule has 1 aliphatic rings. The number of carbonyl (C=O) groups is 1. The number of benzene rings is 1. The van der Waals surface area contributed by atoms with Crippen molar-refractivity contribution in [3.8, 4) is 6.07 Å². The van der Waals surface area contributed by atoms with Crippen LogP contribution in [0.4, 0.5) is 5.69 Å². The standard InChI is InChI=1S/C15H18N2O3/c16-9-13-2-1-3-14(8-13)17-15(18)11-20-10-12-4-6-19-7-5-12/h1-3,8,12H,4-7,10-11H2,(H,17,18). The third-order valence-electron chi connectivity index (χ3n) is 3.20. The van der Waals surface area contributed by atoms with Crippen LogP contribution >= 0.6 is 0 Å². The average Bonchev–Trinajstić information content (AvgIpc) is 2.48. The maximum atomic E-state index is 11.7. The van der Waals surface area contributed by atoms with E-state index in [2.05, 4.69) is 5.32 Å². The zero-order valence-electron chi connectivity index (χ0n) is 11.3. The Morgan fingerprint density at radius 2 is 2.25 bits per heavy atom. The number of anilines is 1. The van der Waals surface area contributed by atoms with Gasteiger partial charge in [0.2, 0.25) is 5.91 Å². The van der Waals surface area contributed by atoms with Crippen LogP contribution in [0.3, 0.4) is 0 Å². The molecule has 2 rings (SSSR count). The van der Waals surface area contributed by atoms with Crippen molar-refractivity contribution in [3.05, 3.63) is 29.8 Å². The fraction of sp³-hybridized carbons (Fsp3) is 0.467. The molecule has 0 unspecified atom stereocenters. The second-order valence-electron chi connectivity index (χ2n) is 4.81. The molecule has 0 bridgehead atoms. The van der Waals surface area contributed by atoms with Gasteiger partial charge in [-0.15, -0.1) is 0 Å². The minimum absolute atomic E-state index is 0.0359. The molecule has 5 heteroatoms. The summed E-state index contributed by atoms with van der Waals surface area (Å²) in [6, 6.07) is 8.84. The zero-order chi connectivity index (χ0) is 14.2. The summed E-state index contributed by atoms with van der Waals surface area (Å²) in [7, 11) is 0. The Morgan fingerprint density at radius 3 is 3.00 bits per heavy atom. The first-order valence-electron chi connectivity index (χ1n) is 6.73. The van der Waals surface area contributed by atoms with Gasteiger partial charge in [-0.05, 0) is 37.0 Å². The quantitative estimate of drug-likeness (QED) is 0.890. The Kier molecular flexibility index (Phi) is 5.54. The molecule has 1 aromatic carbocycles. The summed E-state index contributed by atoms with van der Waals surface area (Å²) in [5.41, 5.74) is 1.13. The number of carbonyl (C=O) groups excluding carboxylic acids is 1. The first kappa shape index (κ1) is 14.5. The van der Waals surface area contributed by atoms with Crippen LogP contribution in [0.2, 0.25) is 0 Å². The van der Waals surface area contributed by atoms with Crippen LogP contribution in [-0.2, 0) is 14.3 Å². The predicted octanol–water partition coefficient (Wildman–Crippen LogP) is 1.94. The molecule has 5 nitrogen and oxygen atoms in total. The van der Waals surface area contributed by atoms with Crippen molar-refractivity contribution < 1.29 is 14.3 Å². The summed E-state index contributed by atoms with van der Waals surface area (Å²) in [5, 5.41) is 11.5. The van der Waals surface area contributed by atoms with Crippen molar-refractivity contribution in [1.29, 1.82) is 5.26 Å². The number of hydrogen-bond donors (Lipinski definition) is 1. The lowest BCUT2D eigenvalue weighted by Gasteiger charge is -2.21. The molecule has 1 aliphatic heterocycles. The van der Waals surface area contributed by atoms with Crippen LogP contribution in [0.25, 0.3) is 0 Å². The first-order valence-corrected chi connectivity index (χ1v) is 6.73. The topological polar surface area (TPSA) is 71.4 Å². The lowest BCUT2D eigenvalue weighted by atomic mass is 10.0. The van der Waals surface area contributed by atoms with Gasteiger partial charge in [-0.25, -0.2) is 0 Å². The summed E-state index contributed by atoms with van der Waals surface area (Å²) in [6.07, 6.45) is 1.98. The molecule has 1 heterocycles. The van der Waals surface area contributed by atoms with E-state index >= 15 is 0 Å². The Morgan fingerprint density at radius 1 is 1.45 bits per heavy atom. The van der Waals surface area contributed by atoms with E-state index in [1.54, 1.807) is 24.3 Å². The van der Waals surface area contributed by atoms with Gasteiger partial charge < -0.3 is 14.8 Å². The van der Waals surface area contributed by atoms with Gasteiger partial charge in [-0.1, -0.05) is 6.07 Å². The minimum atomic E-state index is -0.202. The second kappa shape index (κ2) is 7.63. The molecular formula is C15H18N2O3. The highest BCUT2D eigenvalue weighted by Crippen LogP contribution is 2.14. The Hall–Kier alpha value is -1.90. The van der Waals surface area contributed by atoms with Gasteiger partial charge in [-0.2, -0.15) is 5.26 Å². The molecule has 0 aromatic heterocycles. The molecular weight excluding hydrogens is 256 g/mol. The normalized spacial score (nSPS) is 15.6. The van der Waals surface area contributed by atoms with Gasteiger partial charge in [0.1, 0.15) is 6.61 Å². The second-order valence-corrected chi connectivity index (χ2v) is 4.81. The molecule has 1 saturated heterocycles. The van der Waals surface area contributed by atoms with Gasteiger partial charge in [-0.3, -0.25) is 4.79 Å². The number of hydrogen-bond acceptors (Lipinski definition) is 4. The molecule has 106 valence electrons. The van der Waals surface area contributed by atoms with Gasteiger partial charge in [0, 0.05) is 18.9 Å². The molecule has 0 radical (unpaired) electrons. The van der Waals surface area contributed by atoms with Crippen molar-refractivity contribution >= 4 is 11.6 Å². The largest absolute Gasteiger partial charge is 0.381 e. The van der Waals surface area contributed by atoms with Crippen molar-refractivity contribution in [2.75, 3.05) is 31.7 Å². The van der Waals surface area contributed by atoms with E-state index in [0.29, 0.717) is 23.8 Å².